The number of carboxylic acids is 1. The van der Waals surface area contributed by atoms with E-state index in [9.17, 15) is 14.7 Å². The second-order valence-electron chi connectivity index (χ2n) is 5.18. The van der Waals surface area contributed by atoms with Crippen molar-refractivity contribution in [3.8, 4) is 5.75 Å². The molecule has 6 nitrogen and oxygen atoms in total. The summed E-state index contributed by atoms with van der Waals surface area (Å²) in [7, 11) is 1.37. The van der Waals surface area contributed by atoms with Crippen LogP contribution < -0.4 is 5.32 Å². The van der Waals surface area contributed by atoms with Crippen molar-refractivity contribution in [3.63, 3.8) is 0 Å². The first-order chi connectivity index (χ1) is 9.81. The number of ether oxygens (including phenoxy) is 1. The van der Waals surface area contributed by atoms with Crippen molar-refractivity contribution < 1.29 is 24.5 Å². The lowest BCUT2D eigenvalue weighted by Crippen LogP contribution is -2.25. The first-order valence-corrected chi connectivity index (χ1v) is 6.68. The molecule has 1 rings (SSSR count). The van der Waals surface area contributed by atoms with Gasteiger partial charge in [0.1, 0.15) is 5.75 Å². The first kappa shape index (κ1) is 17.0. The number of aromatic hydroxyl groups is 1. The number of carbonyl (C=O) groups is 2. The Bertz CT molecular complexity index is 515. The van der Waals surface area contributed by atoms with Crippen molar-refractivity contribution in [1.82, 2.24) is 0 Å². The van der Waals surface area contributed by atoms with Gasteiger partial charge in [0.15, 0.2) is 6.10 Å². The monoisotopic (exact) mass is 295 g/mol. The van der Waals surface area contributed by atoms with Crippen LogP contribution in [0.4, 0.5) is 5.69 Å². The summed E-state index contributed by atoms with van der Waals surface area (Å²) in [6.07, 6.45) is 0.109. The summed E-state index contributed by atoms with van der Waals surface area (Å²) < 4.78 is 4.91. The Morgan fingerprint density at radius 2 is 2.00 bits per heavy atom. The number of nitrogens with one attached hydrogen (secondary N) is 1. The molecule has 0 saturated heterocycles. The summed E-state index contributed by atoms with van der Waals surface area (Å²) in [6, 6.07) is 4.83. The van der Waals surface area contributed by atoms with E-state index in [2.05, 4.69) is 5.32 Å². The van der Waals surface area contributed by atoms with E-state index < -0.39 is 12.1 Å². The average molecular weight is 295 g/mol. The molecule has 3 N–H and O–H groups in total. The molecule has 0 fully saturated rings. The van der Waals surface area contributed by atoms with Gasteiger partial charge in [0.05, 0.1) is 0 Å². The third kappa shape index (κ3) is 5.83. The molecular weight excluding hydrogens is 274 g/mol. The number of carboxylic acid groups (broad SMARTS) is 1. The van der Waals surface area contributed by atoms with Crippen molar-refractivity contribution in [2.45, 2.75) is 32.8 Å². The van der Waals surface area contributed by atoms with Crippen LogP contribution in [0.15, 0.2) is 18.2 Å². The van der Waals surface area contributed by atoms with E-state index in [-0.39, 0.29) is 17.6 Å². The third-order valence-electron chi connectivity index (χ3n) is 3.06. The number of hydrogen-bond donors (Lipinski definition) is 3. The van der Waals surface area contributed by atoms with Gasteiger partial charge in [-0.25, -0.2) is 4.79 Å². The molecule has 0 unspecified atom stereocenters. The van der Waals surface area contributed by atoms with Crippen LogP contribution in [0, 0.1) is 5.92 Å². The molecule has 21 heavy (non-hydrogen) atoms. The zero-order valence-electron chi connectivity index (χ0n) is 12.4. The van der Waals surface area contributed by atoms with Crippen LogP contribution in [0.3, 0.4) is 0 Å². The number of aliphatic carboxylic acids is 1. The van der Waals surface area contributed by atoms with Crippen LogP contribution in [0.2, 0.25) is 0 Å². The number of methoxy groups -OCH3 is 1. The highest BCUT2D eigenvalue weighted by Gasteiger charge is 2.20. The van der Waals surface area contributed by atoms with Crippen LogP contribution in [-0.4, -0.2) is 35.3 Å². The molecular formula is C15H21NO5. The average Bonchev–Trinajstić information content (AvgIpc) is 2.33. The van der Waals surface area contributed by atoms with Crippen molar-refractivity contribution >= 4 is 17.6 Å². The van der Waals surface area contributed by atoms with E-state index in [1.165, 1.54) is 20.1 Å². The zero-order chi connectivity index (χ0) is 16.0. The molecule has 1 aromatic carbocycles. The van der Waals surface area contributed by atoms with Gasteiger partial charge < -0.3 is 20.3 Å². The topological polar surface area (TPSA) is 95.9 Å². The van der Waals surface area contributed by atoms with E-state index in [4.69, 9.17) is 9.84 Å². The summed E-state index contributed by atoms with van der Waals surface area (Å²) >= 11 is 0. The summed E-state index contributed by atoms with van der Waals surface area (Å²) in [5.41, 5.74) is 1.35. The SMILES string of the molecule is CO[C@@H](C[C@H](C)Cc1cc(O)cc(NC(C)=O)c1)C(=O)O. The number of rotatable bonds is 7. The predicted molar refractivity (Wildman–Crippen MR) is 78.3 cm³/mol. The number of hydrogen-bond acceptors (Lipinski definition) is 4. The van der Waals surface area contributed by atoms with Gasteiger partial charge in [-0.1, -0.05) is 6.92 Å². The van der Waals surface area contributed by atoms with Gasteiger partial charge >= 0.3 is 5.97 Å². The highest BCUT2D eigenvalue weighted by molar-refractivity contribution is 5.89. The lowest BCUT2D eigenvalue weighted by molar-refractivity contribution is -0.149. The minimum Gasteiger partial charge on any atom is -0.508 e. The van der Waals surface area contributed by atoms with E-state index in [1.54, 1.807) is 12.1 Å². The molecule has 0 bridgehead atoms. The van der Waals surface area contributed by atoms with Crippen molar-refractivity contribution in [2.75, 3.05) is 12.4 Å². The van der Waals surface area contributed by atoms with Gasteiger partial charge in [-0.2, -0.15) is 0 Å². The molecule has 0 spiro atoms. The maximum atomic E-state index is 11.0. The van der Waals surface area contributed by atoms with Gasteiger partial charge in [0.2, 0.25) is 5.91 Å². The van der Waals surface area contributed by atoms with E-state index in [1.807, 2.05) is 6.92 Å². The molecule has 6 heteroatoms. The smallest absolute Gasteiger partial charge is 0.332 e. The number of anilines is 1. The standard InChI is InChI=1S/C15H21NO5/c1-9(5-14(21-3)15(19)20)4-11-6-12(16-10(2)17)8-13(18)7-11/h6-9,14,18H,4-5H2,1-3H3,(H,16,17)(H,19,20)/t9-,14+/m1/s1. The minimum absolute atomic E-state index is 0.0537. The molecule has 0 heterocycles. The molecule has 1 aromatic rings. The number of phenols is 1. The summed E-state index contributed by atoms with van der Waals surface area (Å²) in [5.74, 6) is -1.09. The van der Waals surface area contributed by atoms with Crippen molar-refractivity contribution in [2.24, 2.45) is 5.92 Å². The number of phenolic OH excluding ortho intramolecular Hbond substituents is 1. The Labute approximate surface area is 123 Å². The quantitative estimate of drug-likeness (QED) is 0.715. The second kappa shape index (κ2) is 7.64. The van der Waals surface area contributed by atoms with Crippen LogP contribution in [0.1, 0.15) is 25.8 Å². The maximum Gasteiger partial charge on any atom is 0.332 e. The zero-order valence-corrected chi connectivity index (χ0v) is 12.4. The summed E-state index contributed by atoms with van der Waals surface area (Å²) in [4.78, 5) is 22.0. The Hall–Kier alpha value is -2.08. The first-order valence-electron chi connectivity index (χ1n) is 6.68. The van der Waals surface area contributed by atoms with Gasteiger partial charge in [-0.15, -0.1) is 0 Å². The molecule has 116 valence electrons. The van der Waals surface area contributed by atoms with Gasteiger partial charge in [0.25, 0.3) is 0 Å². The molecule has 0 aliphatic carbocycles. The summed E-state index contributed by atoms with van der Waals surface area (Å²) in [5, 5.41) is 21.2. The normalized spacial score (nSPS) is 13.5. The van der Waals surface area contributed by atoms with Crippen LogP contribution >= 0.6 is 0 Å². The fourth-order valence-electron chi connectivity index (χ4n) is 2.22. The molecule has 0 aliphatic heterocycles. The third-order valence-corrected chi connectivity index (χ3v) is 3.06. The molecule has 2 atom stereocenters. The number of carbonyl (C=O) groups excluding carboxylic acids is 1. The van der Waals surface area contributed by atoms with Crippen molar-refractivity contribution in [3.05, 3.63) is 23.8 Å². The second-order valence-corrected chi connectivity index (χ2v) is 5.18. The highest BCUT2D eigenvalue weighted by Crippen LogP contribution is 2.23. The van der Waals surface area contributed by atoms with E-state index >= 15 is 0 Å². The fourth-order valence-corrected chi connectivity index (χ4v) is 2.22. The lowest BCUT2D eigenvalue weighted by atomic mass is 9.95. The van der Waals surface area contributed by atoms with Gasteiger partial charge in [-0.3, -0.25) is 4.79 Å². The van der Waals surface area contributed by atoms with E-state index in [0.29, 0.717) is 18.5 Å². The molecule has 0 saturated carbocycles. The minimum atomic E-state index is -0.987. The van der Waals surface area contributed by atoms with Crippen LogP contribution in [0.25, 0.3) is 0 Å². The Balaban J connectivity index is 2.75. The molecule has 0 aliphatic rings. The molecule has 0 aromatic heterocycles. The molecule has 0 radical (unpaired) electrons. The van der Waals surface area contributed by atoms with Crippen molar-refractivity contribution in [1.29, 1.82) is 0 Å². The molecule has 1 amide bonds. The van der Waals surface area contributed by atoms with Crippen LogP contribution in [0.5, 0.6) is 5.75 Å². The summed E-state index contributed by atoms with van der Waals surface area (Å²) in [6.45, 7) is 3.31. The van der Waals surface area contributed by atoms with Crippen LogP contribution in [-0.2, 0) is 20.7 Å². The largest absolute Gasteiger partial charge is 0.508 e. The lowest BCUT2D eigenvalue weighted by Gasteiger charge is -2.17. The fraction of sp³-hybridized carbons (Fsp3) is 0.467. The Morgan fingerprint density at radius 3 is 2.52 bits per heavy atom. The number of benzene rings is 1. The predicted octanol–water partition coefficient (Wildman–Crippen LogP) is 2.02. The Morgan fingerprint density at radius 1 is 1.33 bits per heavy atom. The van der Waals surface area contributed by atoms with Gasteiger partial charge in [0, 0.05) is 25.8 Å². The highest BCUT2D eigenvalue weighted by atomic mass is 16.5. The number of amides is 1. The van der Waals surface area contributed by atoms with E-state index in [0.717, 1.165) is 5.56 Å². The van der Waals surface area contributed by atoms with Gasteiger partial charge in [-0.05, 0) is 36.5 Å². The maximum absolute atomic E-state index is 11.0. The Kier molecular flexibility index (Phi) is 6.17.